The molecule has 0 radical (unpaired) electrons. The molecule has 0 heterocycles. The van der Waals surface area contributed by atoms with Crippen molar-refractivity contribution in [2.75, 3.05) is 27.2 Å². The monoisotopic (exact) mass is 348 g/mol. The summed E-state index contributed by atoms with van der Waals surface area (Å²) in [6, 6.07) is 6.19. The number of nitrogens with zero attached hydrogens (tertiary/aromatic N) is 1. The van der Waals surface area contributed by atoms with E-state index in [1.54, 1.807) is 6.92 Å². The summed E-state index contributed by atoms with van der Waals surface area (Å²) < 4.78 is 0.988. The molecule has 0 amide bonds. The van der Waals surface area contributed by atoms with E-state index in [9.17, 15) is 5.11 Å². The zero-order valence-corrected chi connectivity index (χ0v) is 14.0. The molecule has 1 aromatic rings. The average molecular weight is 350 g/mol. The summed E-state index contributed by atoms with van der Waals surface area (Å²) in [5.41, 5.74) is 1.11. The second kappa shape index (κ2) is 8.22. The molecule has 0 aliphatic heterocycles. The maximum absolute atomic E-state index is 9.35. The molecule has 108 valence electrons. The smallest absolute Gasteiger partial charge is 0.0638 e. The molecule has 3 nitrogen and oxygen atoms in total. The molecule has 5 heteroatoms. The number of aliphatic hydroxyl groups is 1. The summed E-state index contributed by atoms with van der Waals surface area (Å²) in [6.07, 6.45) is 0.649. The summed E-state index contributed by atoms with van der Waals surface area (Å²) in [5.74, 6) is 0. The van der Waals surface area contributed by atoms with Gasteiger partial charge in [0, 0.05) is 22.1 Å². The first-order valence-corrected chi connectivity index (χ1v) is 7.60. The lowest BCUT2D eigenvalue weighted by atomic mass is 10.0. The van der Waals surface area contributed by atoms with Crippen molar-refractivity contribution in [2.24, 2.45) is 0 Å². The highest BCUT2D eigenvalue weighted by atomic mass is 79.9. The van der Waals surface area contributed by atoms with Gasteiger partial charge in [-0.05, 0) is 51.7 Å². The van der Waals surface area contributed by atoms with Crippen LogP contribution >= 0.6 is 27.5 Å². The molecule has 1 aromatic carbocycles. The molecule has 0 bridgehead atoms. The zero-order chi connectivity index (χ0) is 14.4. The number of hydrogen-bond acceptors (Lipinski definition) is 3. The first-order valence-electron chi connectivity index (χ1n) is 6.43. The molecule has 0 aliphatic rings. The predicted octanol–water partition coefficient (Wildman–Crippen LogP) is 3.07. The van der Waals surface area contributed by atoms with Crippen LogP contribution in [0.4, 0.5) is 0 Å². The van der Waals surface area contributed by atoms with Gasteiger partial charge >= 0.3 is 0 Å². The molecular formula is C14H22BrClN2O. The number of halogens is 2. The van der Waals surface area contributed by atoms with E-state index in [0.29, 0.717) is 6.54 Å². The summed E-state index contributed by atoms with van der Waals surface area (Å²) >= 11 is 9.69. The first-order chi connectivity index (χ1) is 8.93. The molecule has 0 fully saturated rings. The third kappa shape index (κ3) is 5.79. The third-order valence-corrected chi connectivity index (χ3v) is 3.88. The zero-order valence-electron chi connectivity index (χ0n) is 11.7. The Bertz CT molecular complexity index is 401. The average Bonchev–Trinajstić information content (AvgIpc) is 2.31. The summed E-state index contributed by atoms with van der Waals surface area (Å²) in [5, 5.41) is 13.4. The molecule has 0 spiro atoms. The van der Waals surface area contributed by atoms with Crippen LogP contribution in [0.5, 0.6) is 0 Å². The van der Waals surface area contributed by atoms with Crippen molar-refractivity contribution >= 4 is 27.5 Å². The lowest BCUT2D eigenvalue weighted by molar-refractivity contribution is 0.139. The highest BCUT2D eigenvalue weighted by Gasteiger charge is 2.14. The maximum atomic E-state index is 9.35. The van der Waals surface area contributed by atoms with Crippen molar-refractivity contribution in [3.63, 3.8) is 0 Å². The van der Waals surface area contributed by atoms with Crippen molar-refractivity contribution in [3.05, 3.63) is 33.3 Å². The maximum Gasteiger partial charge on any atom is 0.0638 e. The highest BCUT2D eigenvalue weighted by molar-refractivity contribution is 9.10. The molecule has 0 saturated heterocycles. The number of nitrogens with one attached hydrogen (secondary N) is 1. The van der Waals surface area contributed by atoms with Crippen LogP contribution in [0.3, 0.4) is 0 Å². The molecule has 2 atom stereocenters. The first kappa shape index (κ1) is 16.9. The van der Waals surface area contributed by atoms with E-state index in [0.717, 1.165) is 28.0 Å². The number of rotatable bonds is 7. The predicted molar refractivity (Wildman–Crippen MR) is 84.7 cm³/mol. The van der Waals surface area contributed by atoms with Crippen molar-refractivity contribution in [1.29, 1.82) is 0 Å². The van der Waals surface area contributed by atoms with Gasteiger partial charge in [0.25, 0.3) is 0 Å². The Balaban J connectivity index is 2.63. The molecule has 0 aliphatic carbocycles. The van der Waals surface area contributed by atoms with E-state index in [-0.39, 0.29) is 12.1 Å². The van der Waals surface area contributed by atoms with E-state index in [1.807, 2.05) is 32.3 Å². The van der Waals surface area contributed by atoms with Gasteiger partial charge in [-0.3, -0.25) is 0 Å². The Morgan fingerprint density at radius 3 is 2.68 bits per heavy atom. The van der Waals surface area contributed by atoms with E-state index >= 15 is 0 Å². The van der Waals surface area contributed by atoms with Crippen molar-refractivity contribution in [3.8, 4) is 0 Å². The van der Waals surface area contributed by atoms with Gasteiger partial charge in [-0.1, -0.05) is 33.6 Å². The van der Waals surface area contributed by atoms with Gasteiger partial charge in [0.2, 0.25) is 0 Å². The minimum Gasteiger partial charge on any atom is -0.392 e. The third-order valence-electron chi connectivity index (χ3n) is 3.06. The largest absolute Gasteiger partial charge is 0.392 e. The fourth-order valence-electron chi connectivity index (χ4n) is 2.13. The normalized spacial score (nSPS) is 14.7. The molecule has 0 aromatic heterocycles. The Kier molecular flexibility index (Phi) is 7.32. The van der Waals surface area contributed by atoms with Crippen LogP contribution in [-0.4, -0.2) is 43.3 Å². The van der Waals surface area contributed by atoms with Crippen LogP contribution in [0.1, 0.15) is 24.9 Å². The topological polar surface area (TPSA) is 35.5 Å². The molecule has 19 heavy (non-hydrogen) atoms. The van der Waals surface area contributed by atoms with Crippen LogP contribution in [0, 0.1) is 0 Å². The van der Waals surface area contributed by atoms with Crippen LogP contribution in [0.15, 0.2) is 22.7 Å². The van der Waals surface area contributed by atoms with Gasteiger partial charge < -0.3 is 15.3 Å². The van der Waals surface area contributed by atoms with E-state index in [2.05, 4.69) is 26.1 Å². The molecule has 2 N–H and O–H groups in total. The van der Waals surface area contributed by atoms with E-state index < -0.39 is 0 Å². The quantitative estimate of drug-likeness (QED) is 0.794. The Labute approximate surface area is 129 Å². The number of aliphatic hydroxyl groups excluding tert-OH is 1. The molecular weight excluding hydrogens is 328 g/mol. The number of benzene rings is 1. The Morgan fingerprint density at radius 1 is 1.47 bits per heavy atom. The fraction of sp³-hybridized carbons (Fsp3) is 0.571. The van der Waals surface area contributed by atoms with Crippen LogP contribution in [-0.2, 0) is 0 Å². The second-order valence-corrected chi connectivity index (χ2v) is 6.23. The Hall–Kier alpha value is -0.130. The molecule has 1 rings (SSSR count). The van der Waals surface area contributed by atoms with E-state index in [4.69, 9.17) is 11.6 Å². The van der Waals surface area contributed by atoms with Gasteiger partial charge in [-0.15, -0.1) is 0 Å². The van der Waals surface area contributed by atoms with Crippen molar-refractivity contribution in [2.45, 2.75) is 25.5 Å². The summed E-state index contributed by atoms with van der Waals surface area (Å²) in [4.78, 5) is 2.13. The number of likely N-dealkylation sites (N-methyl/N-ethyl adjacent to an activating group) is 1. The lowest BCUT2D eigenvalue weighted by Crippen LogP contribution is -2.30. The van der Waals surface area contributed by atoms with Gasteiger partial charge in [-0.25, -0.2) is 0 Å². The van der Waals surface area contributed by atoms with Crippen LogP contribution < -0.4 is 5.32 Å². The minimum atomic E-state index is -0.297. The highest BCUT2D eigenvalue weighted by Crippen LogP contribution is 2.28. The second-order valence-electron chi connectivity index (χ2n) is 4.91. The summed E-state index contributed by atoms with van der Waals surface area (Å²) in [6.45, 7) is 3.39. The fourth-order valence-corrected chi connectivity index (χ4v) is 2.94. The Morgan fingerprint density at radius 2 is 2.16 bits per heavy atom. The number of hydrogen-bond donors (Lipinski definition) is 2. The lowest BCUT2D eigenvalue weighted by Gasteiger charge is -2.23. The van der Waals surface area contributed by atoms with Crippen LogP contribution in [0.2, 0.25) is 5.02 Å². The van der Waals surface area contributed by atoms with Gasteiger partial charge in [0.1, 0.15) is 0 Å². The molecule has 2 unspecified atom stereocenters. The van der Waals surface area contributed by atoms with Gasteiger partial charge in [0.05, 0.1) is 6.10 Å². The minimum absolute atomic E-state index is 0.219. The SMILES string of the molecule is CNC(CCN(C)CC(C)O)c1ccc(Br)cc1Cl. The van der Waals surface area contributed by atoms with Gasteiger partial charge in [-0.2, -0.15) is 0 Å². The van der Waals surface area contributed by atoms with E-state index in [1.165, 1.54) is 0 Å². The molecule has 0 saturated carbocycles. The standard InChI is InChI=1S/C14H22BrClN2O/c1-10(19)9-18(3)7-6-14(17-2)12-5-4-11(15)8-13(12)16/h4-5,8,10,14,17,19H,6-7,9H2,1-3H3. The van der Waals surface area contributed by atoms with Gasteiger partial charge in [0.15, 0.2) is 0 Å². The van der Waals surface area contributed by atoms with Crippen molar-refractivity contribution in [1.82, 2.24) is 10.2 Å². The van der Waals surface area contributed by atoms with Crippen molar-refractivity contribution < 1.29 is 5.11 Å². The summed E-state index contributed by atoms with van der Waals surface area (Å²) in [7, 11) is 3.96. The van der Waals surface area contributed by atoms with Crippen LogP contribution in [0.25, 0.3) is 0 Å².